The molecule has 3 heterocycles. The number of nitrogens with zero attached hydrogens (tertiary/aromatic N) is 2. The first-order chi connectivity index (χ1) is 26.4. The van der Waals surface area contributed by atoms with Crippen molar-refractivity contribution < 1.29 is 33.7 Å². The number of carbonyl (C=O) groups is 3. The van der Waals surface area contributed by atoms with Crippen LogP contribution in [0.4, 0.5) is 4.79 Å². The second-order valence-electron chi connectivity index (χ2n) is 14.5. The number of carbonyl (C=O) groups excluding carboxylic acids is 3. The predicted molar refractivity (Wildman–Crippen MR) is 204 cm³/mol. The maximum Gasteiger partial charge on any atom is 0.408 e. The van der Waals surface area contributed by atoms with E-state index in [1.54, 1.807) is 0 Å². The van der Waals surface area contributed by atoms with Crippen LogP contribution in [0.2, 0.25) is 0 Å². The molecular formula is C44H49N3O7. The van der Waals surface area contributed by atoms with Crippen LogP contribution >= 0.6 is 0 Å². The number of likely N-dealkylation sites (tertiary alicyclic amines) is 2. The van der Waals surface area contributed by atoms with E-state index >= 15 is 0 Å². The van der Waals surface area contributed by atoms with Crippen molar-refractivity contribution in [1.82, 2.24) is 15.1 Å². The molecule has 0 saturated carbocycles. The van der Waals surface area contributed by atoms with E-state index in [-0.39, 0.29) is 44.3 Å². The zero-order valence-electron chi connectivity index (χ0n) is 30.6. The summed E-state index contributed by atoms with van der Waals surface area (Å²) in [6, 6.07) is 32.2. The van der Waals surface area contributed by atoms with Crippen LogP contribution in [-0.4, -0.2) is 64.6 Å². The fourth-order valence-electron chi connectivity index (χ4n) is 7.58. The van der Waals surface area contributed by atoms with Gasteiger partial charge in [0.2, 0.25) is 5.91 Å². The van der Waals surface area contributed by atoms with E-state index in [1.807, 2.05) is 97.1 Å². The van der Waals surface area contributed by atoms with Crippen molar-refractivity contribution in [2.75, 3.05) is 19.6 Å². The maximum absolute atomic E-state index is 13.2. The highest BCUT2D eigenvalue weighted by Crippen LogP contribution is 2.39. The molecule has 7 rings (SSSR count). The van der Waals surface area contributed by atoms with Gasteiger partial charge < -0.3 is 29.5 Å². The number of aliphatic hydroxyl groups is 1. The molecule has 3 aliphatic rings. The average molecular weight is 732 g/mol. The number of ether oxygens (including phenoxy) is 3. The second kappa shape index (κ2) is 18.0. The van der Waals surface area contributed by atoms with Crippen LogP contribution in [-0.2, 0) is 43.6 Å². The van der Waals surface area contributed by atoms with Crippen LogP contribution in [0.5, 0.6) is 0 Å². The van der Waals surface area contributed by atoms with Crippen molar-refractivity contribution in [1.29, 1.82) is 0 Å². The molecule has 4 unspecified atom stereocenters. The van der Waals surface area contributed by atoms with Crippen molar-refractivity contribution in [2.24, 2.45) is 0 Å². The van der Waals surface area contributed by atoms with E-state index in [2.05, 4.69) is 16.3 Å². The van der Waals surface area contributed by atoms with E-state index in [0.717, 1.165) is 65.0 Å². The third-order valence-electron chi connectivity index (χ3n) is 10.5. The number of benzene rings is 4. The van der Waals surface area contributed by atoms with Crippen LogP contribution < -0.4 is 5.32 Å². The van der Waals surface area contributed by atoms with E-state index in [0.29, 0.717) is 0 Å². The monoisotopic (exact) mass is 731 g/mol. The third kappa shape index (κ3) is 9.62. The first-order valence-electron chi connectivity index (χ1n) is 19.2. The molecule has 3 aliphatic heterocycles. The molecule has 0 radical (unpaired) electrons. The van der Waals surface area contributed by atoms with Crippen molar-refractivity contribution in [3.63, 3.8) is 0 Å². The summed E-state index contributed by atoms with van der Waals surface area (Å²) in [5.41, 5.74) is 6.33. The van der Waals surface area contributed by atoms with Gasteiger partial charge in [0.05, 0.1) is 31.8 Å². The molecule has 0 aromatic heterocycles. The number of imide groups is 1. The molecule has 3 saturated heterocycles. The lowest BCUT2D eigenvalue weighted by atomic mass is 9.98. The number of nitrogens with one attached hydrogen (secondary N) is 1. The number of alkyl carbamates (subject to hydrolysis) is 1. The highest BCUT2D eigenvalue weighted by Gasteiger charge is 2.40. The number of hydrogen-bond donors (Lipinski definition) is 2. The standard InChI is InChI=1S/C44H49N3O7/c48-29-31-17-19-34(20-18-31)40-25-38(28-46-21-7-2-1-3-8-22-46)53-43(54-40)37-16-10-15-36(24-37)35-14-9-13-33(23-35)27-47-41(49)26-39(42(47)50)45-44(51)52-30-32-11-5-4-6-12-32/h4-6,9-20,23-24,38-40,43,48H,1-3,7-8,21-22,25-30H2,(H,45,51). The summed E-state index contributed by atoms with van der Waals surface area (Å²) in [5.74, 6) is -0.806. The SMILES string of the molecule is O=C(NC1CC(=O)N(Cc2cccc(-c3cccc(C4OC(CN5CCCCCCC5)CC(c5ccc(CO)cc5)O4)c3)c2)C1=O)OCc1ccccc1. The summed E-state index contributed by atoms with van der Waals surface area (Å²) in [7, 11) is 0. The number of rotatable bonds is 11. The molecule has 4 aromatic rings. The zero-order valence-corrected chi connectivity index (χ0v) is 30.6. The Morgan fingerprint density at radius 3 is 2.22 bits per heavy atom. The average Bonchev–Trinajstić information content (AvgIpc) is 3.45. The van der Waals surface area contributed by atoms with E-state index in [9.17, 15) is 19.5 Å². The Morgan fingerprint density at radius 1 is 0.759 bits per heavy atom. The molecule has 282 valence electrons. The molecule has 10 heteroatoms. The van der Waals surface area contributed by atoms with Gasteiger partial charge in [-0.05, 0) is 71.4 Å². The van der Waals surface area contributed by atoms with Gasteiger partial charge in [-0.1, -0.05) is 110 Å². The summed E-state index contributed by atoms with van der Waals surface area (Å²) in [6.07, 6.45) is 5.41. The van der Waals surface area contributed by atoms with Gasteiger partial charge in [-0.15, -0.1) is 0 Å². The molecule has 0 spiro atoms. The number of hydrogen-bond acceptors (Lipinski definition) is 8. The van der Waals surface area contributed by atoms with Gasteiger partial charge >= 0.3 is 6.09 Å². The molecule has 0 bridgehead atoms. The molecule has 10 nitrogen and oxygen atoms in total. The lowest BCUT2D eigenvalue weighted by molar-refractivity contribution is -0.253. The fourth-order valence-corrected chi connectivity index (χ4v) is 7.58. The topological polar surface area (TPSA) is 118 Å². The Balaban J connectivity index is 1.03. The number of amides is 3. The van der Waals surface area contributed by atoms with Gasteiger partial charge in [-0.25, -0.2) is 4.79 Å². The van der Waals surface area contributed by atoms with Gasteiger partial charge in [0.25, 0.3) is 5.91 Å². The minimum Gasteiger partial charge on any atom is -0.445 e. The van der Waals surface area contributed by atoms with Crippen LogP contribution in [0.3, 0.4) is 0 Å². The maximum atomic E-state index is 13.2. The van der Waals surface area contributed by atoms with Crippen LogP contribution in [0.15, 0.2) is 103 Å². The fraction of sp³-hybridized carbons (Fsp3) is 0.386. The molecule has 3 amide bonds. The zero-order chi connectivity index (χ0) is 37.3. The predicted octanol–water partition coefficient (Wildman–Crippen LogP) is 7.21. The Hall–Kier alpha value is -4.87. The molecule has 4 aromatic carbocycles. The van der Waals surface area contributed by atoms with Crippen LogP contribution in [0.1, 0.15) is 85.2 Å². The Bertz CT molecular complexity index is 1880. The summed E-state index contributed by atoms with van der Waals surface area (Å²) >= 11 is 0. The van der Waals surface area contributed by atoms with Crippen molar-refractivity contribution in [3.8, 4) is 11.1 Å². The molecule has 54 heavy (non-hydrogen) atoms. The molecular weight excluding hydrogens is 682 g/mol. The Morgan fingerprint density at radius 2 is 1.46 bits per heavy atom. The lowest BCUT2D eigenvalue weighted by Crippen LogP contribution is -2.41. The Labute approximate surface area is 317 Å². The molecule has 4 atom stereocenters. The van der Waals surface area contributed by atoms with E-state index in [1.165, 1.54) is 37.0 Å². The van der Waals surface area contributed by atoms with Gasteiger partial charge in [0.1, 0.15) is 12.6 Å². The summed E-state index contributed by atoms with van der Waals surface area (Å²) in [4.78, 5) is 42.4. The highest BCUT2D eigenvalue weighted by molar-refractivity contribution is 6.06. The smallest absolute Gasteiger partial charge is 0.408 e. The van der Waals surface area contributed by atoms with Gasteiger partial charge in [0.15, 0.2) is 6.29 Å². The summed E-state index contributed by atoms with van der Waals surface area (Å²) in [5, 5.41) is 12.2. The van der Waals surface area contributed by atoms with Crippen LogP contribution in [0.25, 0.3) is 11.1 Å². The normalized spacial score (nSPS) is 22.4. The van der Waals surface area contributed by atoms with Gasteiger partial charge in [-0.3, -0.25) is 14.5 Å². The molecule has 3 fully saturated rings. The first-order valence-corrected chi connectivity index (χ1v) is 19.2. The second-order valence-corrected chi connectivity index (χ2v) is 14.5. The summed E-state index contributed by atoms with van der Waals surface area (Å²) < 4.78 is 18.7. The highest BCUT2D eigenvalue weighted by atomic mass is 16.7. The van der Waals surface area contributed by atoms with Gasteiger partial charge in [-0.2, -0.15) is 0 Å². The third-order valence-corrected chi connectivity index (χ3v) is 10.5. The Kier molecular flexibility index (Phi) is 12.5. The molecule has 0 aliphatic carbocycles. The number of aliphatic hydroxyl groups excluding tert-OH is 1. The molecule has 2 N–H and O–H groups in total. The summed E-state index contributed by atoms with van der Waals surface area (Å²) in [6.45, 7) is 3.17. The van der Waals surface area contributed by atoms with E-state index < -0.39 is 24.3 Å². The largest absolute Gasteiger partial charge is 0.445 e. The minimum atomic E-state index is -0.972. The van der Waals surface area contributed by atoms with E-state index in [4.69, 9.17) is 14.2 Å². The quantitative estimate of drug-likeness (QED) is 0.156. The first kappa shape index (κ1) is 37.4. The van der Waals surface area contributed by atoms with Crippen molar-refractivity contribution in [3.05, 3.63) is 131 Å². The van der Waals surface area contributed by atoms with Crippen LogP contribution in [0, 0.1) is 0 Å². The minimum absolute atomic E-state index is 0.00248. The van der Waals surface area contributed by atoms with Gasteiger partial charge in [0, 0.05) is 18.5 Å². The van der Waals surface area contributed by atoms with Crippen molar-refractivity contribution >= 4 is 17.9 Å². The lowest BCUT2D eigenvalue weighted by Gasteiger charge is -2.39. The van der Waals surface area contributed by atoms with Crippen molar-refractivity contribution in [2.45, 2.75) is 89.2 Å².